The minimum absolute atomic E-state index is 0.133. The highest BCUT2D eigenvalue weighted by Gasteiger charge is 2.18. The number of nitrogens with one attached hydrogen (secondary N) is 1. The van der Waals surface area contributed by atoms with Gasteiger partial charge in [-0.2, -0.15) is 0 Å². The average molecular weight is 415 g/mol. The summed E-state index contributed by atoms with van der Waals surface area (Å²) in [5.74, 6) is -2.00. The lowest BCUT2D eigenvalue weighted by Crippen LogP contribution is -2.40. The zero-order chi connectivity index (χ0) is 22.6. The predicted octanol–water partition coefficient (Wildman–Crippen LogP) is 5.68. The smallest absolute Gasteiger partial charge is 0.326 e. The normalized spacial score (nSPS) is 13.5. The maximum absolute atomic E-state index is 11.8. The van der Waals surface area contributed by atoms with E-state index in [1.54, 1.807) is 6.92 Å². The number of carboxylic acid groups (broad SMARTS) is 2. The Balaban J connectivity index is 3.39. The lowest BCUT2D eigenvalue weighted by Gasteiger charge is -2.13. The number of hydrogen-bond donors (Lipinski definition) is 3. The van der Waals surface area contributed by atoms with Crippen LogP contribution in [-0.2, 0) is 14.4 Å². The molecule has 0 bridgehead atoms. The number of rotatable bonds is 21. The molecular weight excluding hydrogens is 370 g/mol. The summed E-state index contributed by atoms with van der Waals surface area (Å²) < 4.78 is 7.45. The number of unbranched alkanes of at least 4 members (excludes halogenated alkanes) is 13. The molecule has 1 amide bonds. The molecule has 0 fully saturated rings. The summed E-state index contributed by atoms with van der Waals surface area (Å²) in [6.45, 7) is 1.62. The van der Waals surface area contributed by atoms with E-state index in [4.69, 9.17) is 11.6 Å². The van der Waals surface area contributed by atoms with Crippen LogP contribution in [0.2, 0.25) is 0 Å². The second-order valence-corrected chi connectivity index (χ2v) is 7.95. The summed E-state index contributed by atoms with van der Waals surface area (Å²) in [7, 11) is 0. The number of carboxylic acids is 2. The number of hydrogen-bond acceptors (Lipinski definition) is 3. The maximum Gasteiger partial charge on any atom is 0.326 e. The fraction of sp³-hybridized carbons (Fsp3) is 0.870. The molecule has 0 aliphatic carbocycles. The molecule has 6 nitrogen and oxygen atoms in total. The van der Waals surface area contributed by atoms with Gasteiger partial charge in [-0.15, -0.1) is 0 Å². The van der Waals surface area contributed by atoms with Crippen LogP contribution in [0.25, 0.3) is 0 Å². The molecule has 0 aliphatic heterocycles. The summed E-state index contributed by atoms with van der Waals surface area (Å²) in [5, 5.41) is 20.2. The average Bonchev–Trinajstić information content (AvgIpc) is 2.66. The number of carbonyl (C=O) groups is 3. The van der Waals surface area contributed by atoms with E-state index < -0.39 is 24.4 Å². The van der Waals surface area contributed by atoms with E-state index in [9.17, 15) is 14.4 Å². The molecule has 0 aromatic heterocycles. The molecule has 2 atom stereocenters. The van der Waals surface area contributed by atoms with Crippen molar-refractivity contribution in [3.8, 4) is 0 Å². The quantitative estimate of drug-likeness (QED) is 0.210. The SMILES string of the molecule is [2H]C(C)C[C@H](NC(=O)CCCCCCCCCCCCCCCCC(=O)O)C(=O)O. The van der Waals surface area contributed by atoms with Crippen LogP contribution in [0.5, 0.6) is 0 Å². The summed E-state index contributed by atoms with van der Waals surface area (Å²) in [4.78, 5) is 33.3. The van der Waals surface area contributed by atoms with Crippen LogP contribution in [-0.4, -0.2) is 34.1 Å². The monoisotopic (exact) mass is 414 g/mol. The first-order valence-corrected chi connectivity index (χ1v) is 11.5. The molecule has 0 aromatic carbocycles. The van der Waals surface area contributed by atoms with Crippen LogP contribution in [0.4, 0.5) is 0 Å². The molecule has 3 N–H and O–H groups in total. The largest absolute Gasteiger partial charge is 0.481 e. The predicted molar refractivity (Wildman–Crippen MR) is 116 cm³/mol. The van der Waals surface area contributed by atoms with E-state index in [2.05, 4.69) is 5.32 Å². The van der Waals surface area contributed by atoms with Gasteiger partial charge in [-0.3, -0.25) is 9.59 Å². The Morgan fingerprint density at radius 3 is 1.45 bits per heavy atom. The minimum Gasteiger partial charge on any atom is -0.481 e. The molecule has 0 radical (unpaired) electrons. The first-order valence-electron chi connectivity index (χ1n) is 12.1. The molecule has 1 unspecified atom stereocenters. The van der Waals surface area contributed by atoms with Gasteiger partial charge in [0.25, 0.3) is 0 Å². The van der Waals surface area contributed by atoms with Gasteiger partial charge < -0.3 is 15.5 Å². The van der Waals surface area contributed by atoms with Crippen LogP contribution in [0, 0.1) is 0 Å². The molecule has 0 aromatic rings. The van der Waals surface area contributed by atoms with E-state index in [0.29, 0.717) is 12.8 Å². The van der Waals surface area contributed by atoms with E-state index in [0.717, 1.165) is 38.5 Å². The molecule has 29 heavy (non-hydrogen) atoms. The van der Waals surface area contributed by atoms with Crippen molar-refractivity contribution >= 4 is 17.8 Å². The fourth-order valence-electron chi connectivity index (χ4n) is 3.41. The fourth-order valence-corrected chi connectivity index (χ4v) is 3.41. The van der Waals surface area contributed by atoms with Crippen molar-refractivity contribution in [2.75, 3.05) is 0 Å². The highest BCUT2D eigenvalue weighted by atomic mass is 16.4. The lowest BCUT2D eigenvalue weighted by atomic mass is 10.0. The first kappa shape index (κ1) is 25.4. The van der Waals surface area contributed by atoms with Gasteiger partial charge in [-0.25, -0.2) is 4.79 Å². The van der Waals surface area contributed by atoms with Gasteiger partial charge >= 0.3 is 11.9 Å². The summed E-state index contributed by atoms with van der Waals surface area (Å²) in [6, 6.07) is -0.957. The molecule has 170 valence electrons. The number of amides is 1. The Labute approximate surface area is 178 Å². The highest BCUT2D eigenvalue weighted by molar-refractivity contribution is 5.83. The third-order valence-electron chi connectivity index (χ3n) is 5.15. The number of aliphatic carboxylic acids is 2. The van der Waals surface area contributed by atoms with Crippen molar-refractivity contribution in [1.29, 1.82) is 0 Å². The lowest BCUT2D eigenvalue weighted by molar-refractivity contribution is -0.142. The van der Waals surface area contributed by atoms with Gasteiger partial charge in [0.15, 0.2) is 0 Å². The Morgan fingerprint density at radius 2 is 1.10 bits per heavy atom. The van der Waals surface area contributed by atoms with Gasteiger partial charge in [0.1, 0.15) is 6.04 Å². The van der Waals surface area contributed by atoms with Gasteiger partial charge in [-0.05, 0) is 19.3 Å². The van der Waals surface area contributed by atoms with Crippen molar-refractivity contribution < 1.29 is 26.0 Å². The Bertz CT molecular complexity index is 471. The van der Waals surface area contributed by atoms with Gasteiger partial charge in [0.05, 0.1) is 0 Å². The Kier molecular flexibility index (Phi) is 17.3. The molecule has 0 aliphatic rings. The van der Waals surface area contributed by atoms with E-state index in [1.165, 1.54) is 51.4 Å². The Hall–Kier alpha value is -1.59. The van der Waals surface area contributed by atoms with E-state index >= 15 is 0 Å². The molecule has 6 heteroatoms. The van der Waals surface area contributed by atoms with Crippen LogP contribution in [0.1, 0.15) is 124 Å². The molecule has 0 rings (SSSR count). The van der Waals surface area contributed by atoms with E-state index in [1.807, 2.05) is 0 Å². The second-order valence-electron chi connectivity index (χ2n) is 7.95. The molecule has 0 saturated heterocycles. The van der Waals surface area contributed by atoms with Crippen molar-refractivity contribution in [2.45, 2.75) is 129 Å². The molecule has 0 saturated carbocycles. The van der Waals surface area contributed by atoms with Crippen LogP contribution in [0.15, 0.2) is 0 Å². The van der Waals surface area contributed by atoms with Crippen LogP contribution >= 0.6 is 0 Å². The summed E-state index contributed by atoms with van der Waals surface area (Å²) >= 11 is 0. The standard InChI is InChI=1S/C23H43NO5/c1-2-17-20(23(28)29)24-21(25)18-15-13-11-9-7-5-3-4-6-8-10-12-14-16-19-22(26)27/h20H,2-19H2,1H3,(H,24,25)(H,26,27)(H,28,29)/t20-/m0/s1/i2D/t2?,20-. The van der Waals surface area contributed by atoms with Gasteiger partial charge in [0.2, 0.25) is 5.91 Å². The van der Waals surface area contributed by atoms with Crippen LogP contribution < -0.4 is 5.32 Å². The third kappa shape index (κ3) is 19.5. The molecular formula is C23H43NO5. The first-order chi connectivity index (χ1) is 14.3. The van der Waals surface area contributed by atoms with Crippen molar-refractivity contribution in [3.63, 3.8) is 0 Å². The van der Waals surface area contributed by atoms with Crippen molar-refractivity contribution in [2.24, 2.45) is 0 Å². The van der Waals surface area contributed by atoms with Crippen LogP contribution in [0.3, 0.4) is 0 Å². The van der Waals surface area contributed by atoms with Crippen molar-refractivity contribution in [3.05, 3.63) is 0 Å². The molecule has 0 spiro atoms. The topological polar surface area (TPSA) is 104 Å². The Morgan fingerprint density at radius 1 is 0.724 bits per heavy atom. The van der Waals surface area contributed by atoms with Gasteiger partial charge in [0, 0.05) is 14.2 Å². The summed E-state index contributed by atoms with van der Waals surface area (Å²) in [6.07, 6.45) is 16.0. The highest BCUT2D eigenvalue weighted by Crippen LogP contribution is 2.13. The zero-order valence-corrected chi connectivity index (χ0v) is 18.3. The molecule has 0 heterocycles. The third-order valence-corrected chi connectivity index (χ3v) is 5.15. The maximum atomic E-state index is 11.8. The van der Waals surface area contributed by atoms with Gasteiger partial charge in [-0.1, -0.05) is 90.4 Å². The van der Waals surface area contributed by atoms with Crippen molar-refractivity contribution in [1.82, 2.24) is 5.32 Å². The minimum atomic E-state index is -1.07. The number of carbonyl (C=O) groups excluding carboxylic acids is 1. The van der Waals surface area contributed by atoms with E-state index in [-0.39, 0.29) is 12.3 Å². The zero-order valence-electron chi connectivity index (χ0n) is 19.3. The second kappa shape index (κ2) is 19.7. The summed E-state index contributed by atoms with van der Waals surface area (Å²) in [5.41, 5.74) is 0.